The fourth-order valence-corrected chi connectivity index (χ4v) is 3.21. The third-order valence-electron chi connectivity index (χ3n) is 3.60. The summed E-state index contributed by atoms with van der Waals surface area (Å²) in [5.74, 6) is 0.228. The minimum atomic E-state index is -3.88. The Balaban J connectivity index is 1.95. The topological polar surface area (TPSA) is 84.5 Å². The molecule has 2 N–H and O–H groups in total. The van der Waals surface area contributed by atoms with Crippen LogP contribution < -0.4 is 15.0 Å². The molecule has 0 saturated carbocycles. The molecule has 0 fully saturated rings. The maximum absolute atomic E-state index is 12.1. The summed E-state index contributed by atoms with van der Waals surface area (Å²) >= 11 is 5.73. The van der Waals surface area contributed by atoms with Crippen LogP contribution in [0.15, 0.2) is 47.4 Å². The van der Waals surface area contributed by atoms with Crippen LogP contribution in [0.25, 0.3) is 0 Å². The number of aryl methyl sites for hydroxylation is 1. The molecule has 0 heterocycles. The van der Waals surface area contributed by atoms with Crippen LogP contribution in [0.5, 0.6) is 5.75 Å². The summed E-state index contributed by atoms with van der Waals surface area (Å²) in [6.45, 7) is 5.67. The van der Waals surface area contributed by atoms with Gasteiger partial charge in [-0.05, 0) is 54.3 Å². The van der Waals surface area contributed by atoms with Gasteiger partial charge in [-0.2, -0.15) is 0 Å². The zero-order chi connectivity index (χ0) is 19.3. The predicted molar refractivity (Wildman–Crippen MR) is 101 cm³/mol. The summed E-state index contributed by atoms with van der Waals surface area (Å²) in [6.07, 6.45) is 0. The van der Waals surface area contributed by atoms with E-state index in [0.29, 0.717) is 10.8 Å². The van der Waals surface area contributed by atoms with Crippen LogP contribution >= 0.6 is 11.6 Å². The van der Waals surface area contributed by atoms with E-state index >= 15 is 0 Å². The van der Waals surface area contributed by atoms with Gasteiger partial charge in [0.2, 0.25) is 0 Å². The largest absolute Gasteiger partial charge is 0.483 e. The maximum Gasteiger partial charge on any atom is 0.272 e. The van der Waals surface area contributed by atoms with Crippen molar-refractivity contribution in [1.82, 2.24) is 10.3 Å². The maximum atomic E-state index is 12.1. The van der Waals surface area contributed by atoms with Gasteiger partial charge in [0.1, 0.15) is 5.75 Å². The molecule has 0 aliphatic carbocycles. The molecule has 0 spiro atoms. The van der Waals surface area contributed by atoms with Gasteiger partial charge in [0.15, 0.2) is 6.61 Å². The van der Waals surface area contributed by atoms with Gasteiger partial charge in [0.05, 0.1) is 4.90 Å². The first-order valence-electron chi connectivity index (χ1n) is 7.98. The summed E-state index contributed by atoms with van der Waals surface area (Å²) < 4.78 is 29.8. The number of rotatable bonds is 7. The van der Waals surface area contributed by atoms with E-state index in [9.17, 15) is 13.2 Å². The lowest BCUT2D eigenvalue weighted by Gasteiger charge is -2.15. The van der Waals surface area contributed by atoms with Crippen molar-refractivity contribution in [3.8, 4) is 5.75 Å². The van der Waals surface area contributed by atoms with Crippen LogP contribution in [-0.2, 0) is 14.8 Å². The number of hydrazine groups is 1. The Morgan fingerprint density at radius 1 is 1.15 bits per heavy atom. The number of carbonyl (C=O) groups is 1. The first-order valence-corrected chi connectivity index (χ1v) is 9.84. The van der Waals surface area contributed by atoms with Crippen molar-refractivity contribution in [2.24, 2.45) is 0 Å². The molecule has 2 aromatic rings. The lowest BCUT2D eigenvalue weighted by molar-refractivity contribution is -0.123. The van der Waals surface area contributed by atoms with E-state index in [0.717, 1.165) is 11.1 Å². The van der Waals surface area contributed by atoms with Gasteiger partial charge in [-0.3, -0.25) is 10.2 Å². The standard InChI is InChI=1S/C18H21ClN2O4S/c1-12(2)16-9-4-13(3)10-17(16)25-11-18(22)20-21-26(23,24)15-7-5-14(19)6-8-15/h4-10,12,21H,11H2,1-3H3,(H,20,22). The summed E-state index contributed by atoms with van der Waals surface area (Å²) in [6, 6.07) is 11.4. The highest BCUT2D eigenvalue weighted by Crippen LogP contribution is 2.27. The van der Waals surface area contributed by atoms with Gasteiger partial charge in [0, 0.05) is 5.02 Å². The van der Waals surface area contributed by atoms with E-state index in [1.165, 1.54) is 24.3 Å². The van der Waals surface area contributed by atoms with E-state index in [-0.39, 0.29) is 17.4 Å². The quantitative estimate of drug-likeness (QED) is 0.704. The highest BCUT2D eigenvalue weighted by atomic mass is 35.5. The number of ether oxygens (including phenoxy) is 1. The molecule has 0 aliphatic heterocycles. The van der Waals surface area contributed by atoms with E-state index in [1.807, 2.05) is 43.8 Å². The molecule has 8 heteroatoms. The van der Waals surface area contributed by atoms with Crippen molar-refractivity contribution in [1.29, 1.82) is 0 Å². The molecular weight excluding hydrogens is 376 g/mol. The first-order chi connectivity index (χ1) is 12.2. The number of hydrogen-bond acceptors (Lipinski definition) is 4. The number of carbonyl (C=O) groups excluding carboxylic acids is 1. The zero-order valence-electron chi connectivity index (χ0n) is 14.7. The second-order valence-corrected chi connectivity index (χ2v) is 8.21. The van der Waals surface area contributed by atoms with E-state index in [2.05, 4.69) is 5.43 Å². The molecule has 2 aromatic carbocycles. The van der Waals surface area contributed by atoms with Crippen LogP contribution in [0.3, 0.4) is 0 Å². The van der Waals surface area contributed by atoms with Crippen molar-refractivity contribution in [3.05, 3.63) is 58.6 Å². The fourth-order valence-electron chi connectivity index (χ4n) is 2.22. The van der Waals surface area contributed by atoms with Gasteiger partial charge >= 0.3 is 0 Å². The number of nitrogens with one attached hydrogen (secondary N) is 2. The van der Waals surface area contributed by atoms with Gasteiger partial charge in [-0.1, -0.05) is 37.6 Å². The van der Waals surface area contributed by atoms with E-state index in [1.54, 1.807) is 0 Å². The van der Waals surface area contributed by atoms with Crippen LogP contribution in [0.2, 0.25) is 5.02 Å². The Kier molecular flexibility index (Phi) is 6.63. The molecule has 0 saturated heterocycles. The van der Waals surface area contributed by atoms with Crippen LogP contribution in [0.1, 0.15) is 30.9 Å². The van der Waals surface area contributed by atoms with Gasteiger partial charge in [0.25, 0.3) is 15.9 Å². The molecule has 0 radical (unpaired) electrons. The minimum Gasteiger partial charge on any atom is -0.483 e. The molecule has 1 amide bonds. The average molecular weight is 397 g/mol. The lowest BCUT2D eigenvalue weighted by Crippen LogP contribution is -2.43. The van der Waals surface area contributed by atoms with Gasteiger partial charge < -0.3 is 4.74 Å². The van der Waals surface area contributed by atoms with Crippen LogP contribution in [0, 0.1) is 6.92 Å². The normalized spacial score (nSPS) is 11.4. The smallest absolute Gasteiger partial charge is 0.272 e. The van der Waals surface area contributed by atoms with Crippen LogP contribution in [0.4, 0.5) is 0 Å². The molecule has 26 heavy (non-hydrogen) atoms. The summed E-state index contributed by atoms with van der Waals surface area (Å²) in [7, 11) is -3.88. The molecule has 0 unspecified atom stereocenters. The molecule has 0 aliphatic rings. The molecule has 140 valence electrons. The Bertz CT molecular complexity index is 881. The molecule has 0 aromatic heterocycles. The summed E-state index contributed by atoms with van der Waals surface area (Å²) in [4.78, 5) is 13.9. The Morgan fingerprint density at radius 2 is 1.81 bits per heavy atom. The Morgan fingerprint density at radius 3 is 2.42 bits per heavy atom. The number of amides is 1. The van der Waals surface area contributed by atoms with E-state index < -0.39 is 15.9 Å². The van der Waals surface area contributed by atoms with Crippen molar-refractivity contribution >= 4 is 27.5 Å². The molecular formula is C18H21ClN2O4S. The van der Waals surface area contributed by atoms with Crippen molar-refractivity contribution in [3.63, 3.8) is 0 Å². The monoisotopic (exact) mass is 396 g/mol. The van der Waals surface area contributed by atoms with Crippen molar-refractivity contribution < 1.29 is 17.9 Å². The minimum absolute atomic E-state index is 0.0103. The van der Waals surface area contributed by atoms with Gasteiger partial charge in [-0.25, -0.2) is 8.42 Å². The Hall–Kier alpha value is -2.09. The van der Waals surface area contributed by atoms with Crippen molar-refractivity contribution in [2.75, 3.05) is 6.61 Å². The molecule has 0 bridgehead atoms. The van der Waals surface area contributed by atoms with Crippen molar-refractivity contribution in [2.45, 2.75) is 31.6 Å². The highest BCUT2D eigenvalue weighted by Gasteiger charge is 2.16. The SMILES string of the molecule is Cc1ccc(C(C)C)c(OCC(=O)NNS(=O)(=O)c2ccc(Cl)cc2)c1. The summed E-state index contributed by atoms with van der Waals surface area (Å²) in [5, 5.41) is 0.417. The highest BCUT2D eigenvalue weighted by molar-refractivity contribution is 7.89. The third-order valence-corrected chi connectivity index (χ3v) is 5.11. The zero-order valence-corrected chi connectivity index (χ0v) is 16.3. The molecule has 2 rings (SSSR count). The summed E-state index contributed by atoms with van der Waals surface area (Å²) in [5.41, 5.74) is 4.12. The lowest BCUT2D eigenvalue weighted by atomic mass is 10.0. The van der Waals surface area contributed by atoms with E-state index in [4.69, 9.17) is 16.3 Å². The number of benzene rings is 2. The molecule has 0 atom stereocenters. The predicted octanol–water partition coefficient (Wildman–Crippen LogP) is 3.16. The Labute approximate surface area is 158 Å². The average Bonchev–Trinajstić information content (AvgIpc) is 2.58. The fraction of sp³-hybridized carbons (Fsp3) is 0.278. The van der Waals surface area contributed by atoms with Crippen LogP contribution in [-0.4, -0.2) is 20.9 Å². The number of halogens is 1. The number of sulfonamides is 1. The number of hydrogen-bond donors (Lipinski definition) is 2. The second-order valence-electron chi connectivity index (χ2n) is 6.09. The second kappa shape index (κ2) is 8.53. The molecule has 6 nitrogen and oxygen atoms in total. The first kappa shape index (κ1) is 20.2. The third kappa shape index (κ3) is 5.45. The van der Waals surface area contributed by atoms with Gasteiger partial charge in [-0.15, -0.1) is 4.83 Å².